The second kappa shape index (κ2) is 8.82. The molecule has 0 aliphatic rings. The zero-order valence-corrected chi connectivity index (χ0v) is 14.6. The van der Waals surface area contributed by atoms with E-state index in [2.05, 4.69) is 10.3 Å². The summed E-state index contributed by atoms with van der Waals surface area (Å²) in [6, 6.07) is 9.54. The molecule has 6 heteroatoms. The molecule has 1 heterocycles. The second-order valence-corrected chi connectivity index (χ2v) is 5.99. The Morgan fingerprint density at radius 2 is 1.84 bits per heavy atom. The van der Waals surface area contributed by atoms with Crippen molar-refractivity contribution in [1.82, 2.24) is 10.3 Å². The van der Waals surface area contributed by atoms with Gasteiger partial charge in [0, 0.05) is 18.0 Å². The van der Waals surface area contributed by atoms with Crippen molar-refractivity contribution in [1.29, 1.82) is 0 Å². The molecule has 0 aliphatic carbocycles. The molecule has 1 aromatic carbocycles. The van der Waals surface area contributed by atoms with E-state index in [0.717, 1.165) is 0 Å². The third-order valence-electron chi connectivity index (χ3n) is 3.48. The van der Waals surface area contributed by atoms with Crippen LogP contribution in [0.2, 0.25) is 0 Å². The standard InChI is InChI=1S/C19H22N2O4/c1-13(2)11-17(19(23)24-3)21-18(22)14-5-4-6-16(12-14)25-15-7-9-20-10-8-15/h4-10,12-13,17H,11H2,1-3H3,(H,21,22)/t17-/m0/s1. The highest BCUT2D eigenvalue weighted by Crippen LogP contribution is 2.21. The molecule has 0 fully saturated rings. The Morgan fingerprint density at radius 1 is 1.12 bits per heavy atom. The van der Waals surface area contributed by atoms with Crippen LogP contribution in [0.1, 0.15) is 30.6 Å². The minimum absolute atomic E-state index is 0.241. The summed E-state index contributed by atoms with van der Waals surface area (Å²) < 4.78 is 10.5. The van der Waals surface area contributed by atoms with Crippen molar-refractivity contribution < 1.29 is 19.1 Å². The van der Waals surface area contributed by atoms with Gasteiger partial charge in [0.15, 0.2) is 0 Å². The van der Waals surface area contributed by atoms with Gasteiger partial charge in [-0.05, 0) is 42.7 Å². The quantitative estimate of drug-likeness (QED) is 0.782. The average Bonchev–Trinajstić information content (AvgIpc) is 2.61. The summed E-state index contributed by atoms with van der Waals surface area (Å²) in [5.74, 6) is 0.588. The molecule has 2 rings (SSSR count). The average molecular weight is 342 g/mol. The first-order valence-corrected chi connectivity index (χ1v) is 8.06. The van der Waals surface area contributed by atoms with E-state index in [0.29, 0.717) is 23.5 Å². The van der Waals surface area contributed by atoms with E-state index in [1.54, 1.807) is 48.8 Å². The van der Waals surface area contributed by atoms with Gasteiger partial charge >= 0.3 is 5.97 Å². The lowest BCUT2D eigenvalue weighted by molar-refractivity contribution is -0.143. The molecule has 0 unspecified atom stereocenters. The number of ether oxygens (including phenoxy) is 2. The number of hydrogen-bond acceptors (Lipinski definition) is 5. The van der Waals surface area contributed by atoms with E-state index in [-0.39, 0.29) is 11.8 Å². The predicted molar refractivity (Wildman–Crippen MR) is 93.5 cm³/mol. The molecule has 1 N–H and O–H groups in total. The molecule has 1 amide bonds. The fourth-order valence-electron chi connectivity index (χ4n) is 2.31. The van der Waals surface area contributed by atoms with Gasteiger partial charge in [0.1, 0.15) is 17.5 Å². The van der Waals surface area contributed by atoms with Gasteiger partial charge in [-0.25, -0.2) is 4.79 Å². The number of aromatic nitrogens is 1. The number of esters is 1. The Morgan fingerprint density at radius 3 is 2.48 bits per heavy atom. The summed E-state index contributed by atoms with van der Waals surface area (Å²) in [6.07, 6.45) is 3.75. The van der Waals surface area contributed by atoms with Crippen molar-refractivity contribution in [2.45, 2.75) is 26.3 Å². The van der Waals surface area contributed by atoms with Gasteiger partial charge in [-0.1, -0.05) is 19.9 Å². The molecule has 0 saturated heterocycles. The maximum atomic E-state index is 12.5. The van der Waals surface area contributed by atoms with E-state index >= 15 is 0 Å². The van der Waals surface area contributed by atoms with Gasteiger partial charge in [-0.15, -0.1) is 0 Å². The van der Waals surface area contributed by atoms with Crippen LogP contribution in [0.25, 0.3) is 0 Å². The van der Waals surface area contributed by atoms with E-state index < -0.39 is 12.0 Å². The fraction of sp³-hybridized carbons (Fsp3) is 0.316. The third kappa shape index (κ3) is 5.60. The number of rotatable bonds is 7. The number of amides is 1. The van der Waals surface area contributed by atoms with Crippen LogP contribution in [0.4, 0.5) is 0 Å². The lowest BCUT2D eigenvalue weighted by Gasteiger charge is -2.18. The molecule has 1 atom stereocenters. The number of pyridine rings is 1. The SMILES string of the molecule is COC(=O)[C@H](CC(C)C)NC(=O)c1cccc(Oc2ccncc2)c1. The van der Waals surface area contributed by atoms with E-state index in [1.807, 2.05) is 13.8 Å². The zero-order valence-electron chi connectivity index (χ0n) is 14.6. The summed E-state index contributed by atoms with van der Waals surface area (Å²) in [7, 11) is 1.31. The van der Waals surface area contributed by atoms with Crippen molar-refractivity contribution in [3.8, 4) is 11.5 Å². The zero-order chi connectivity index (χ0) is 18.2. The van der Waals surface area contributed by atoms with Crippen molar-refractivity contribution in [3.63, 3.8) is 0 Å². The van der Waals surface area contributed by atoms with Gasteiger partial charge in [-0.3, -0.25) is 9.78 Å². The lowest BCUT2D eigenvalue weighted by Crippen LogP contribution is -2.42. The number of methoxy groups -OCH3 is 1. The second-order valence-electron chi connectivity index (χ2n) is 5.99. The number of benzene rings is 1. The number of hydrogen-bond donors (Lipinski definition) is 1. The van der Waals surface area contributed by atoms with Crippen LogP contribution in [0, 0.1) is 5.92 Å². The van der Waals surface area contributed by atoms with Crippen LogP contribution in [0.3, 0.4) is 0 Å². The third-order valence-corrected chi connectivity index (χ3v) is 3.48. The van der Waals surface area contributed by atoms with Gasteiger partial charge < -0.3 is 14.8 Å². The highest BCUT2D eigenvalue weighted by atomic mass is 16.5. The van der Waals surface area contributed by atoms with Crippen LogP contribution in [0.15, 0.2) is 48.8 Å². The van der Waals surface area contributed by atoms with E-state index in [9.17, 15) is 9.59 Å². The Labute approximate surface area is 147 Å². The monoisotopic (exact) mass is 342 g/mol. The van der Waals surface area contributed by atoms with Crippen LogP contribution in [-0.2, 0) is 9.53 Å². The molecule has 6 nitrogen and oxygen atoms in total. The van der Waals surface area contributed by atoms with Crippen molar-refractivity contribution in [3.05, 3.63) is 54.4 Å². The first kappa shape index (κ1) is 18.4. The van der Waals surface area contributed by atoms with Crippen molar-refractivity contribution >= 4 is 11.9 Å². The largest absolute Gasteiger partial charge is 0.467 e. The molecule has 0 spiro atoms. The van der Waals surface area contributed by atoms with Gasteiger partial charge in [0.25, 0.3) is 5.91 Å². The highest BCUT2D eigenvalue weighted by Gasteiger charge is 2.23. The molecule has 2 aromatic rings. The van der Waals surface area contributed by atoms with Crippen LogP contribution in [-0.4, -0.2) is 30.0 Å². The van der Waals surface area contributed by atoms with Crippen LogP contribution in [0.5, 0.6) is 11.5 Å². The number of carbonyl (C=O) groups excluding carboxylic acids is 2. The Balaban J connectivity index is 2.10. The lowest BCUT2D eigenvalue weighted by atomic mass is 10.0. The van der Waals surface area contributed by atoms with E-state index in [4.69, 9.17) is 9.47 Å². The van der Waals surface area contributed by atoms with Crippen LogP contribution < -0.4 is 10.1 Å². The molecular formula is C19H22N2O4. The first-order chi connectivity index (χ1) is 12.0. The summed E-state index contributed by atoms with van der Waals surface area (Å²) in [5.41, 5.74) is 0.407. The number of carbonyl (C=O) groups is 2. The summed E-state index contributed by atoms with van der Waals surface area (Å²) in [5, 5.41) is 2.73. The molecule has 0 radical (unpaired) electrons. The highest BCUT2D eigenvalue weighted by molar-refractivity contribution is 5.97. The minimum atomic E-state index is -0.678. The van der Waals surface area contributed by atoms with Gasteiger partial charge in [-0.2, -0.15) is 0 Å². The number of nitrogens with zero attached hydrogens (tertiary/aromatic N) is 1. The Kier molecular flexibility index (Phi) is 6.51. The van der Waals surface area contributed by atoms with Crippen molar-refractivity contribution in [2.75, 3.05) is 7.11 Å². The summed E-state index contributed by atoms with van der Waals surface area (Å²) >= 11 is 0. The summed E-state index contributed by atoms with van der Waals surface area (Å²) in [4.78, 5) is 28.3. The van der Waals surface area contributed by atoms with Gasteiger partial charge in [0.05, 0.1) is 7.11 Å². The number of nitrogens with one attached hydrogen (secondary N) is 1. The molecule has 0 saturated carbocycles. The normalized spacial score (nSPS) is 11.7. The van der Waals surface area contributed by atoms with E-state index in [1.165, 1.54) is 7.11 Å². The smallest absolute Gasteiger partial charge is 0.328 e. The molecule has 0 bridgehead atoms. The van der Waals surface area contributed by atoms with Crippen molar-refractivity contribution in [2.24, 2.45) is 5.92 Å². The molecule has 132 valence electrons. The Bertz CT molecular complexity index is 716. The van der Waals surface area contributed by atoms with Gasteiger partial charge in [0.2, 0.25) is 0 Å². The molecule has 0 aliphatic heterocycles. The molecule has 25 heavy (non-hydrogen) atoms. The Hall–Kier alpha value is -2.89. The fourth-order valence-corrected chi connectivity index (χ4v) is 2.31. The predicted octanol–water partition coefficient (Wildman–Crippen LogP) is 3.19. The summed E-state index contributed by atoms with van der Waals surface area (Å²) in [6.45, 7) is 3.95. The minimum Gasteiger partial charge on any atom is -0.467 e. The molecular weight excluding hydrogens is 320 g/mol. The van der Waals surface area contributed by atoms with Crippen LogP contribution >= 0.6 is 0 Å². The first-order valence-electron chi connectivity index (χ1n) is 8.06. The topological polar surface area (TPSA) is 77.5 Å². The molecule has 1 aromatic heterocycles. The maximum absolute atomic E-state index is 12.5. The maximum Gasteiger partial charge on any atom is 0.328 e.